The molecule has 0 bridgehead atoms. The van der Waals surface area contributed by atoms with E-state index in [0.29, 0.717) is 12.4 Å². The number of para-hydroxylation sites is 1. The van der Waals surface area contributed by atoms with E-state index in [-0.39, 0.29) is 6.10 Å². The molecule has 0 saturated heterocycles. The number of hydrogen-bond donors (Lipinski definition) is 0. The van der Waals surface area contributed by atoms with Gasteiger partial charge >= 0.3 is 0 Å². The van der Waals surface area contributed by atoms with Crippen molar-refractivity contribution in [2.75, 3.05) is 7.11 Å². The molecule has 1 aromatic heterocycles. The van der Waals surface area contributed by atoms with Crippen molar-refractivity contribution in [2.24, 2.45) is 0 Å². The van der Waals surface area contributed by atoms with Crippen LogP contribution in [0.1, 0.15) is 34.2 Å². The van der Waals surface area contributed by atoms with E-state index in [0.717, 1.165) is 28.1 Å². The number of methoxy groups -OCH3 is 1. The zero-order valence-electron chi connectivity index (χ0n) is 14.2. The van der Waals surface area contributed by atoms with Crippen LogP contribution in [0.2, 0.25) is 0 Å². The van der Waals surface area contributed by atoms with Crippen LogP contribution in [0.25, 0.3) is 0 Å². The molecule has 24 heavy (non-hydrogen) atoms. The van der Waals surface area contributed by atoms with Crippen molar-refractivity contribution in [2.45, 2.75) is 26.6 Å². The molecule has 4 nitrogen and oxygen atoms in total. The van der Waals surface area contributed by atoms with Crippen LogP contribution in [0.15, 0.2) is 59.1 Å². The van der Waals surface area contributed by atoms with Gasteiger partial charge in [0.1, 0.15) is 18.5 Å². The molecule has 124 valence electrons. The zero-order chi connectivity index (χ0) is 16.9. The fourth-order valence-corrected chi connectivity index (χ4v) is 2.70. The molecular formula is C20H21NO3. The first-order chi connectivity index (χ1) is 11.7. The van der Waals surface area contributed by atoms with Crippen molar-refractivity contribution < 1.29 is 14.0 Å². The number of benzene rings is 2. The number of rotatable bonds is 6. The smallest absolute Gasteiger partial charge is 0.170 e. The van der Waals surface area contributed by atoms with E-state index in [4.69, 9.17) is 14.0 Å². The molecule has 2 aromatic carbocycles. The lowest BCUT2D eigenvalue weighted by atomic mass is 10.0. The lowest BCUT2D eigenvalue weighted by Crippen LogP contribution is -2.08. The third kappa shape index (κ3) is 3.49. The first-order valence-electron chi connectivity index (χ1n) is 7.91. The minimum atomic E-state index is -0.303. The van der Waals surface area contributed by atoms with Gasteiger partial charge in [0.05, 0.1) is 5.69 Å². The van der Waals surface area contributed by atoms with Crippen LogP contribution >= 0.6 is 0 Å². The topological polar surface area (TPSA) is 44.5 Å². The Kier molecular flexibility index (Phi) is 4.96. The lowest BCUT2D eigenvalue weighted by Gasteiger charge is -2.17. The van der Waals surface area contributed by atoms with E-state index >= 15 is 0 Å². The summed E-state index contributed by atoms with van der Waals surface area (Å²) in [5.74, 6) is 1.58. The van der Waals surface area contributed by atoms with Gasteiger partial charge in [0.15, 0.2) is 5.76 Å². The number of aryl methyl sites for hydroxylation is 2. The Hall–Kier alpha value is -2.59. The summed E-state index contributed by atoms with van der Waals surface area (Å²) < 4.78 is 17.1. The maximum Gasteiger partial charge on any atom is 0.170 e. The van der Waals surface area contributed by atoms with Gasteiger partial charge in [0.2, 0.25) is 0 Å². The fourth-order valence-electron chi connectivity index (χ4n) is 2.70. The van der Waals surface area contributed by atoms with E-state index in [1.165, 1.54) is 0 Å². The Labute approximate surface area is 142 Å². The summed E-state index contributed by atoms with van der Waals surface area (Å²) in [7, 11) is 1.67. The van der Waals surface area contributed by atoms with Gasteiger partial charge in [-0.25, -0.2) is 0 Å². The van der Waals surface area contributed by atoms with Crippen molar-refractivity contribution in [3.05, 3.63) is 82.7 Å². The molecule has 0 saturated carbocycles. The van der Waals surface area contributed by atoms with Crippen molar-refractivity contribution in [3.8, 4) is 5.75 Å². The van der Waals surface area contributed by atoms with Crippen molar-refractivity contribution in [3.63, 3.8) is 0 Å². The van der Waals surface area contributed by atoms with Crippen molar-refractivity contribution in [1.82, 2.24) is 5.16 Å². The van der Waals surface area contributed by atoms with Gasteiger partial charge in [-0.15, -0.1) is 0 Å². The molecule has 4 heteroatoms. The summed E-state index contributed by atoms with van der Waals surface area (Å²) in [6, 6.07) is 18.0. The average molecular weight is 323 g/mol. The van der Waals surface area contributed by atoms with Crippen LogP contribution < -0.4 is 4.74 Å². The number of ether oxygens (including phenoxy) is 2. The van der Waals surface area contributed by atoms with Crippen molar-refractivity contribution >= 4 is 0 Å². The van der Waals surface area contributed by atoms with Crippen LogP contribution in [-0.4, -0.2) is 12.3 Å². The quantitative estimate of drug-likeness (QED) is 0.664. The van der Waals surface area contributed by atoms with Crippen LogP contribution in [0.3, 0.4) is 0 Å². The molecule has 1 heterocycles. The van der Waals surface area contributed by atoms with E-state index in [9.17, 15) is 0 Å². The Balaban J connectivity index is 1.86. The molecule has 0 aliphatic rings. The fraction of sp³-hybridized carbons (Fsp3) is 0.250. The van der Waals surface area contributed by atoms with Gasteiger partial charge in [0.25, 0.3) is 0 Å². The average Bonchev–Trinajstić information content (AvgIpc) is 3.02. The van der Waals surface area contributed by atoms with Crippen LogP contribution in [0, 0.1) is 13.8 Å². The second kappa shape index (κ2) is 7.32. The molecule has 0 amide bonds. The SMILES string of the molecule is COC(c1cc(C)no1)c1ccccc1COc1ccccc1C. The van der Waals surface area contributed by atoms with Crippen LogP contribution in [0.5, 0.6) is 5.75 Å². The maximum atomic E-state index is 6.00. The van der Waals surface area contributed by atoms with Gasteiger partial charge in [-0.05, 0) is 36.6 Å². The van der Waals surface area contributed by atoms with Crippen molar-refractivity contribution in [1.29, 1.82) is 0 Å². The number of nitrogens with zero attached hydrogens (tertiary/aromatic N) is 1. The largest absolute Gasteiger partial charge is 0.489 e. The minimum Gasteiger partial charge on any atom is -0.489 e. The molecular weight excluding hydrogens is 302 g/mol. The van der Waals surface area contributed by atoms with Crippen LogP contribution in [-0.2, 0) is 11.3 Å². The normalized spacial score (nSPS) is 12.1. The van der Waals surface area contributed by atoms with Gasteiger partial charge in [0, 0.05) is 13.2 Å². The van der Waals surface area contributed by atoms with Gasteiger partial charge in [-0.1, -0.05) is 47.6 Å². The summed E-state index contributed by atoms with van der Waals surface area (Å²) in [4.78, 5) is 0. The highest BCUT2D eigenvalue weighted by Gasteiger charge is 2.21. The standard InChI is InChI=1S/C20H21NO3/c1-14-8-4-7-11-18(14)23-13-16-9-5-6-10-17(16)20(22-3)19-12-15(2)21-24-19/h4-12,20H,13H2,1-3H3. The van der Waals surface area contributed by atoms with E-state index in [1.54, 1.807) is 7.11 Å². The summed E-state index contributed by atoms with van der Waals surface area (Å²) in [6.45, 7) is 4.40. The Morgan fingerprint density at radius 2 is 1.79 bits per heavy atom. The summed E-state index contributed by atoms with van der Waals surface area (Å²) in [6.07, 6.45) is -0.303. The van der Waals surface area contributed by atoms with Crippen LogP contribution in [0.4, 0.5) is 0 Å². The molecule has 0 radical (unpaired) electrons. The highest BCUT2D eigenvalue weighted by atomic mass is 16.5. The molecule has 3 aromatic rings. The molecule has 0 aliphatic carbocycles. The predicted molar refractivity (Wildman–Crippen MR) is 92.0 cm³/mol. The molecule has 0 fully saturated rings. The minimum absolute atomic E-state index is 0.303. The molecule has 0 N–H and O–H groups in total. The second-order valence-electron chi connectivity index (χ2n) is 5.74. The highest BCUT2D eigenvalue weighted by molar-refractivity contribution is 5.35. The predicted octanol–water partition coefficient (Wildman–Crippen LogP) is 4.61. The zero-order valence-corrected chi connectivity index (χ0v) is 14.2. The Morgan fingerprint density at radius 3 is 2.50 bits per heavy atom. The Morgan fingerprint density at radius 1 is 1.04 bits per heavy atom. The maximum absolute atomic E-state index is 6.00. The monoisotopic (exact) mass is 323 g/mol. The Bertz CT molecular complexity index is 810. The highest BCUT2D eigenvalue weighted by Crippen LogP contribution is 2.29. The number of hydrogen-bond acceptors (Lipinski definition) is 4. The van der Waals surface area contributed by atoms with Gasteiger partial charge in [-0.3, -0.25) is 0 Å². The molecule has 1 unspecified atom stereocenters. The molecule has 1 atom stereocenters. The third-order valence-corrected chi connectivity index (χ3v) is 3.95. The van der Waals surface area contributed by atoms with Gasteiger partial charge < -0.3 is 14.0 Å². The molecule has 3 rings (SSSR count). The number of aromatic nitrogens is 1. The lowest BCUT2D eigenvalue weighted by molar-refractivity contribution is 0.108. The van der Waals surface area contributed by atoms with E-state index < -0.39 is 0 Å². The summed E-state index contributed by atoms with van der Waals surface area (Å²) in [5.41, 5.74) is 4.02. The summed E-state index contributed by atoms with van der Waals surface area (Å²) in [5, 5.41) is 3.96. The molecule has 0 spiro atoms. The molecule has 0 aliphatic heterocycles. The second-order valence-corrected chi connectivity index (χ2v) is 5.74. The van der Waals surface area contributed by atoms with E-state index in [1.807, 2.05) is 68.4 Å². The first-order valence-corrected chi connectivity index (χ1v) is 7.91. The van der Waals surface area contributed by atoms with Gasteiger partial charge in [-0.2, -0.15) is 0 Å². The first kappa shape index (κ1) is 16.3. The third-order valence-electron chi connectivity index (χ3n) is 3.95. The van der Waals surface area contributed by atoms with E-state index in [2.05, 4.69) is 5.16 Å². The summed E-state index contributed by atoms with van der Waals surface area (Å²) >= 11 is 0.